The zero-order chi connectivity index (χ0) is 18.7. The van der Waals surface area contributed by atoms with Gasteiger partial charge in [-0.2, -0.15) is 0 Å². The molecule has 0 aromatic carbocycles. The molecule has 5 rings (SSSR count). The summed E-state index contributed by atoms with van der Waals surface area (Å²) >= 11 is 0. The van der Waals surface area contributed by atoms with Crippen LogP contribution in [-0.4, -0.2) is 47.7 Å². The summed E-state index contributed by atoms with van der Waals surface area (Å²) < 4.78 is 12.7. The summed E-state index contributed by atoms with van der Waals surface area (Å²) in [5.74, 6) is 0.427. The Hall–Kier alpha value is -0.690. The Morgan fingerprint density at radius 3 is 2.50 bits per heavy atom. The Bertz CT molecular complexity index is 566. The van der Waals surface area contributed by atoms with Crippen molar-refractivity contribution in [3.63, 3.8) is 0 Å². The Morgan fingerprint density at radius 2 is 1.81 bits per heavy atom. The molecule has 1 spiro atoms. The lowest BCUT2D eigenvalue weighted by Gasteiger charge is -2.60. The van der Waals surface area contributed by atoms with Crippen molar-refractivity contribution < 1.29 is 24.0 Å². The fourth-order valence-corrected chi connectivity index (χ4v) is 5.90. The molecule has 4 aliphatic heterocycles. The summed E-state index contributed by atoms with van der Waals surface area (Å²) in [6, 6.07) is 0. The maximum absolute atomic E-state index is 13.1. The molecule has 1 amide bonds. The Balaban J connectivity index is 1.71. The van der Waals surface area contributed by atoms with Crippen molar-refractivity contribution in [1.82, 2.24) is 4.90 Å². The van der Waals surface area contributed by atoms with Crippen LogP contribution in [0, 0.1) is 23.7 Å². The molecule has 0 unspecified atom stereocenters. The predicted octanol–water partition coefficient (Wildman–Crippen LogP) is 3.11. The summed E-state index contributed by atoms with van der Waals surface area (Å²) in [5.41, 5.74) is -0.590. The lowest BCUT2D eigenvalue weighted by atomic mass is 9.57. The number of hydrogen-bond donors (Lipinski definition) is 0. The maximum atomic E-state index is 13.1. The van der Waals surface area contributed by atoms with Crippen LogP contribution in [0.3, 0.4) is 0 Å². The topological polar surface area (TPSA) is 57.2 Å². The molecular weight excluding hydrogens is 334 g/mol. The summed E-state index contributed by atoms with van der Waals surface area (Å²) in [7, 11) is 0. The van der Waals surface area contributed by atoms with Crippen LogP contribution in [0.2, 0.25) is 0 Å². The van der Waals surface area contributed by atoms with Crippen LogP contribution >= 0.6 is 0 Å². The highest BCUT2D eigenvalue weighted by Crippen LogP contribution is 2.60. The molecule has 1 saturated carbocycles. The van der Waals surface area contributed by atoms with E-state index < -0.39 is 23.8 Å². The first kappa shape index (κ1) is 18.7. The van der Waals surface area contributed by atoms with E-state index in [1.54, 1.807) is 0 Å². The smallest absolute Gasteiger partial charge is 0.252 e. The van der Waals surface area contributed by atoms with Crippen molar-refractivity contribution >= 4 is 5.91 Å². The molecule has 26 heavy (non-hydrogen) atoms. The van der Waals surface area contributed by atoms with Gasteiger partial charge in [-0.3, -0.25) is 4.79 Å². The number of fused-ring (bicyclic) bond motifs is 2. The van der Waals surface area contributed by atoms with E-state index in [1.165, 1.54) is 0 Å². The molecule has 0 radical (unpaired) electrons. The molecule has 0 N–H and O–H groups in total. The van der Waals surface area contributed by atoms with Crippen molar-refractivity contribution in [2.45, 2.75) is 84.1 Å². The standard InChI is InChI=1S/C20H33NO5/c1-6-21(7-2)17(22)16-13(4)15-9-8-12(3)14-10-11-19(5)24-18(23-16)20(14,15)26-25-19/h12-16,18H,6-11H2,1-5H3/t12-,13-,14+,15+,16-,18-,19-,20-/m1/s1. The van der Waals surface area contributed by atoms with E-state index in [1.807, 2.05) is 25.7 Å². The number of carbonyl (C=O) groups is 1. The Morgan fingerprint density at radius 1 is 1.08 bits per heavy atom. The van der Waals surface area contributed by atoms with Gasteiger partial charge in [0.1, 0.15) is 6.10 Å². The van der Waals surface area contributed by atoms with Gasteiger partial charge in [-0.25, -0.2) is 9.78 Å². The van der Waals surface area contributed by atoms with Crippen LogP contribution in [0.1, 0.15) is 60.3 Å². The highest BCUT2D eigenvalue weighted by molar-refractivity contribution is 5.81. The second-order valence-corrected chi connectivity index (χ2v) is 8.84. The molecule has 5 aliphatic rings. The predicted molar refractivity (Wildman–Crippen MR) is 94.8 cm³/mol. The van der Waals surface area contributed by atoms with Crippen molar-refractivity contribution in [2.75, 3.05) is 13.1 Å². The minimum absolute atomic E-state index is 0.0716. The Labute approximate surface area is 156 Å². The van der Waals surface area contributed by atoms with Gasteiger partial charge in [0, 0.05) is 25.4 Å². The largest absolute Gasteiger partial charge is 0.341 e. The third-order valence-electron chi connectivity index (χ3n) is 7.48. The molecule has 6 heteroatoms. The number of carbonyl (C=O) groups excluding carboxylic acids is 1. The van der Waals surface area contributed by atoms with Crippen LogP contribution in [-0.2, 0) is 24.0 Å². The lowest BCUT2D eigenvalue weighted by Crippen LogP contribution is -2.71. The van der Waals surface area contributed by atoms with Gasteiger partial charge >= 0.3 is 0 Å². The lowest BCUT2D eigenvalue weighted by molar-refractivity contribution is -0.569. The van der Waals surface area contributed by atoms with Crippen LogP contribution in [0.15, 0.2) is 0 Å². The van der Waals surface area contributed by atoms with Crippen LogP contribution in [0.25, 0.3) is 0 Å². The van der Waals surface area contributed by atoms with E-state index >= 15 is 0 Å². The third kappa shape index (κ3) is 2.49. The monoisotopic (exact) mass is 367 g/mol. The van der Waals surface area contributed by atoms with E-state index in [0.717, 1.165) is 25.7 Å². The molecule has 1 aliphatic carbocycles. The van der Waals surface area contributed by atoms with E-state index in [-0.39, 0.29) is 17.7 Å². The van der Waals surface area contributed by atoms with Gasteiger partial charge in [-0.05, 0) is 57.8 Å². The van der Waals surface area contributed by atoms with E-state index in [2.05, 4.69) is 13.8 Å². The molecule has 148 valence electrons. The third-order valence-corrected chi connectivity index (χ3v) is 7.48. The fourth-order valence-electron chi connectivity index (χ4n) is 5.90. The molecule has 4 heterocycles. The van der Waals surface area contributed by atoms with Crippen molar-refractivity contribution in [2.24, 2.45) is 23.7 Å². The number of nitrogens with zero attached hydrogens (tertiary/aromatic N) is 1. The summed E-state index contributed by atoms with van der Waals surface area (Å²) in [6.07, 6.45) is 2.96. The molecule has 0 aromatic heterocycles. The minimum Gasteiger partial charge on any atom is -0.341 e. The van der Waals surface area contributed by atoms with Gasteiger partial charge in [0.15, 0.2) is 11.9 Å². The number of amides is 1. The molecular formula is C20H33NO5. The van der Waals surface area contributed by atoms with Gasteiger partial charge < -0.3 is 14.4 Å². The summed E-state index contributed by atoms with van der Waals surface area (Å²) in [5, 5.41) is 0. The molecule has 4 saturated heterocycles. The van der Waals surface area contributed by atoms with Gasteiger partial charge in [-0.1, -0.05) is 13.8 Å². The quantitative estimate of drug-likeness (QED) is 0.718. The van der Waals surface area contributed by atoms with E-state index in [4.69, 9.17) is 19.2 Å². The second-order valence-electron chi connectivity index (χ2n) is 8.84. The SMILES string of the molecule is CCN(CC)C(=O)[C@@H]1O[C@@H]2O[C@@]3(C)CC[C@H]4[C@H](C)CC[C@@H]([C@H]1C)[C@@]24OO3. The first-order valence-electron chi connectivity index (χ1n) is 10.3. The van der Waals surface area contributed by atoms with Crippen LogP contribution < -0.4 is 0 Å². The molecule has 2 bridgehead atoms. The maximum Gasteiger partial charge on any atom is 0.252 e. The summed E-state index contributed by atoms with van der Waals surface area (Å²) in [4.78, 5) is 26.9. The van der Waals surface area contributed by atoms with Gasteiger partial charge in [-0.15, -0.1) is 0 Å². The van der Waals surface area contributed by atoms with E-state index in [0.29, 0.717) is 24.9 Å². The number of likely N-dealkylation sites (N-methyl/N-ethyl adjacent to an activating group) is 1. The first-order chi connectivity index (χ1) is 12.4. The first-order valence-corrected chi connectivity index (χ1v) is 10.3. The minimum atomic E-state index is -0.791. The molecule has 0 aromatic rings. The molecule has 6 nitrogen and oxygen atoms in total. The van der Waals surface area contributed by atoms with Crippen molar-refractivity contribution in [1.29, 1.82) is 0 Å². The number of hydrogen-bond acceptors (Lipinski definition) is 5. The van der Waals surface area contributed by atoms with Crippen LogP contribution in [0.4, 0.5) is 0 Å². The molecule has 5 fully saturated rings. The van der Waals surface area contributed by atoms with Gasteiger partial charge in [0.2, 0.25) is 5.79 Å². The second kappa shape index (κ2) is 6.43. The fraction of sp³-hybridized carbons (Fsp3) is 0.950. The number of rotatable bonds is 3. The average molecular weight is 367 g/mol. The normalized spacial score (nSPS) is 50.0. The van der Waals surface area contributed by atoms with Gasteiger partial charge in [0.25, 0.3) is 5.91 Å². The van der Waals surface area contributed by atoms with Gasteiger partial charge in [0.05, 0.1) is 0 Å². The Kier molecular flexibility index (Phi) is 4.62. The average Bonchev–Trinajstić information content (AvgIpc) is 2.85. The zero-order valence-corrected chi connectivity index (χ0v) is 16.7. The summed E-state index contributed by atoms with van der Waals surface area (Å²) in [6.45, 7) is 11.8. The number of ether oxygens (including phenoxy) is 2. The molecule has 8 atom stereocenters. The van der Waals surface area contributed by atoms with Crippen LogP contribution in [0.5, 0.6) is 0 Å². The van der Waals surface area contributed by atoms with E-state index in [9.17, 15) is 4.79 Å². The van der Waals surface area contributed by atoms with Crippen molar-refractivity contribution in [3.05, 3.63) is 0 Å². The zero-order valence-electron chi connectivity index (χ0n) is 16.7. The van der Waals surface area contributed by atoms with Crippen molar-refractivity contribution in [3.8, 4) is 0 Å². The highest BCUT2D eigenvalue weighted by Gasteiger charge is 2.69. The highest BCUT2D eigenvalue weighted by atomic mass is 17.3.